The van der Waals surface area contributed by atoms with Crippen molar-refractivity contribution in [1.82, 2.24) is 0 Å². The predicted molar refractivity (Wildman–Crippen MR) is 54.5 cm³/mol. The number of carbonyl (C=O) groups excluding carboxylic acids is 2. The van der Waals surface area contributed by atoms with E-state index in [4.69, 9.17) is 9.79 Å². The monoisotopic (exact) mass is 254 g/mol. The fourth-order valence-electron chi connectivity index (χ4n) is 1.45. The molecule has 8 heteroatoms. The van der Waals surface area contributed by atoms with Gasteiger partial charge >= 0.3 is 19.4 Å². The van der Waals surface area contributed by atoms with Crippen LogP contribution >= 0.6 is 7.60 Å². The van der Waals surface area contributed by atoms with E-state index in [-0.39, 0.29) is 16.3 Å². The summed E-state index contributed by atoms with van der Waals surface area (Å²) in [5, 5.41) is 0.209. The van der Waals surface area contributed by atoms with Crippen LogP contribution in [0.2, 0.25) is 0 Å². The van der Waals surface area contributed by atoms with Gasteiger partial charge in [0.05, 0.1) is 16.9 Å². The molecule has 0 aromatic heterocycles. The summed E-state index contributed by atoms with van der Waals surface area (Å²) < 4.78 is 10.9. The predicted octanol–water partition coefficient (Wildman–Crippen LogP) is -1.33. The normalized spacial score (nSPS) is 14.9. The quantitative estimate of drug-likeness (QED) is 0.501. The topological polar surface area (TPSA) is 116 Å². The highest BCUT2D eigenvalue weighted by molar-refractivity contribution is 7.50. The second-order valence-electron chi connectivity index (χ2n) is 3.44. The van der Waals surface area contributed by atoms with Crippen molar-refractivity contribution >= 4 is 19.4 Å². The van der Waals surface area contributed by atoms with E-state index in [1.165, 1.54) is 18.2 Å². The van der Waals surface area contributed by atoms with Crippen LogP contribution in [0, 0.1) is 0 Å². The number of para-hydroxylation sites is 1. The molecule has 1 aromatic carbocycles. The first-order chi connectivity index (χ1) is 7.87. The minimum Gasteiger partial charge on any atom is -0.324 e. The molecule has 17 heavy (non-hydrogen) atoms. The second-order valence-corrected chi connectivity index (χ2v) is 5.09. The first-order valence-corrected chi connectivity index (χ1v) is 6.35. The fraction of sp³-hybridized carbons (Fsp3) is 0.111. The van der Waals surface area contributed by atoms with Crippen molar-refractivity contribution < 1.29 is 23.9 Å². The van der Waals surface area contributed by atoms with Gasteiger partial charge in [0.2, 0.25) is 0 Å². The number of nitrogens with zero attached hydrogens (tertiary/aromatic N) is 2. The minimum atomic E-state index is -4.27. The molecule has 0 saturated heterocycles. The summed E-state index contributed by atoms with van der Waals surface area (Å²) in [6, 6.07) is 4.37. The highest BCUT2D eigenvalue weighted by Crippen LogP contribution is 2.37. The Morgan fingerprint density at radius 3 is 2.41 bits per heavy atom. The van der Waals surface area contributed by atoms with Crippen molar-refractivity contribution in [3.63, 3.8) is 0 Å². The number of amides is 2. The van der Waals surface area contributed by atoms with Crippen molar-refractivity contribution in [3.8, 4) is 0 Å². The SMILES string of the molecule is O=C1N=c2cccc(CP(=O)(O)O)c2=NC1=O. The highest BCUT2D eigenvalue weighted by Gasteiger charge is 2.20. The Labute approximate surface area is 94.7 Å². The summed E-state index contributed by atoms with van der Waals surface area (Å²) in [6.45, 7) is 0. The van der Waals surface area contributed by atoms with E-state index in [1.807, 2.05) is 0 Å². The summed E-state index contributed by atoms with van der Waals surface area (Å²) in [5.41, 5.74) is 0.195. The van der Waals surface area contributed by atoms with Crippen LogP contribution < -0.4 is 10.7 Å². The van der Waals surface area contributed by atoms with Crippen molar-refractivity contribution in [2.24, 2.45) is 9.98 Å². The number of fused-ring (bicyclic) bond motifs is 1. The molecular weight excluding hydrogens is 247 g/mol. The Morgan fingerprint density at radius 1 is 1.12 bits per heavy atom. The Kier molecular flexibility index (Phi) is 2.74. The van der Waals surface area contributed by atoms with Gasteiger partial charge in [0.1, 0.15) is 0 Å². The van der Waals surface area contributed by atoms with E-state index < -0.39 is 25.6 Å². The fourth-order valence-corrected chi connectivity index (χ4v) is 2.15. The zero-order valence-corrected chi connectivity index (χ0v) is 9.29. The molecule has 0 saturated carbocycles. The van der Waals surface area contributed by atoms with Gasteiger partial charge in [0.25, 0.3) is 0 Å². The van der Waals surface area contributed by atoms with E-state index in [9.17, 15) is 14.2 Å². The maximum Gasteiger partial charge on any atom is 0.338 e. The summed E-state index contributed by atoms with van der Waals surface area (Å²) >= 11 is 0. The lowest BCUT2D eigenvalue weighted by Crippen LogP contribution is -2.36. The molecule has 0 spiro atoms. The molecule has 1 aliphatic heterocycles. The van der Waals surface area contributed by atoms with Crippen molar-refractivity contribution in [1.29, 1.82) is 0 Å². The molecule has 0 bridgehead atoms. The third-order valence-corrected chi connectivity index (χ3v) is 2.85. The van der Waals surface area contributed by atoms with Gasteiger partial charge in [-0.1, -0.05) is 12.1 Å². The highest BCUT2D eigenvalue weighted by atomic mass is 31.2. The third-order valence-electron chi connectivity index (χ3n) is 2.09. The molecule has 0 radical (unpaired) electrons. The van der Waals surface area contributed by atoms with Crippen LogP contribution in [0.5, 0.6) is 0 Å². The van der Waals surface area contributed by atoms with Gasteiger partial charge in [-0.15, -0.1) is 0 Å². The van der Waals surface area contributed by atoms with Crippen LogP contribution in [0.4, 0.5) is 0 Å². The summed E-state index contributed by atoms with van der Waals surface area (Å²) in [7, 11) is -4.27. The summed E-state index contributed by atoms with van der Waals surface area (Å²) in [4.78, 5) is 46.8. The van der Waals surface area contributed by atoms with E-state index in [0.717, 1.165) is 0 Å². The van der Waals surface area contributed by atoms with Gasteiger partial charge in [-0.3, -0.25) is 14.2 Å². The molecule has 2 rings (SSSR count). The first kappa shape index (κ1) is 11.8. The number of benzene rings is 1. The van der Waals surface area contributed by atoms with E-state index in [0.29, 0.717) is 0 Å². The molecule has 1 heterocycles. The smallest absolute Gasteiger partial charge is 0.324 e. The zero-order chi connectivity index (χ0) is 12.6. The average Bonchev–Trinajstić information content (AvgIpc) is 2.19. The van der Waals surface area contributed by atoms with E-state index in [1.54, 1.807) is 0 Å². The molecule has 0 atom stereocenters. The molecular formula is C9H7N2O5P. The lowest BCUT2D eigenvalue weighted by atomic mass is 10.2. The Bertz CT molecular complexity index is 675. The number of carbonyl (C=O) groups is 2. The molecule has 1 aromatic rings. The van der Waals surface area contributed by atoms with Gasteiger partial charge in [-0.2, -0.15) is 0 Å². The Morgan fingerprint density at radius 2 is 1.76 bits per heavy atom. The number of hydrogen-bond acceptors (Lipinski definition) is 3. The molecule has 0 unspecified atom stereocenters. The summed E-state index contributed by atoms with van der Waals surface area (Å²) in [5.74, 6) is -2.01. The average molecular weight is 254 g/mol. The molecule has 7 nitrogen and oxygen atoms in total. The molecule has 88 valence electrons. The summed E-state index contributed by atoms with van der Waals surface area (Å²) in [6.07, 6.45) is -0.545. The standard InChI is InChI=1S/C9H7N2O5P/c12-8-9(13)11-7-5(4-17(14,15)16)2-1-3-6(7)10-8/h1-3H,4H2,(H2,14,15,16). The van der Waals surface area contributed by atoms with Crippen LogP contribution in [0.25, 0.3) is 0 Å². The molecule has 1 aliphatic rings. The molecule has 2 N–H and O–H groups in total. The van der Waals surface area contributed by atoms with Crippen LogP contribution in [0.1, 0.15) is 5.56 Å². The first-order valence-electron chi connectivity index (χ1n) is 4.55. The van der Waals surface area contributed by atoms with Gasteiger partial charge in [-0.05, 0) is 11.6 Å². The van der Waals surface area contributed by atoms with Crippen LogP contribution in [0.3, 0.4) is 0 Å². The van der Waals surface area contributed by atoms with Crippen LogP contribution in [0.15, 0.2) is 28.2 Å². The molecule has 2 amide bonds. The zero-order valence-electron chi connectivity index (χ0n) is 8.40. The van der Waals surface area contributed by atoms with Crippen molar-refractivity contribution in [2.75, 3.05) is 0 Å². The van der Waals surface area contributed by atoms with Gasteiger partial charge < -0.3 is 9.79 Å². The largest absolute Gasteiger partial charge is 0.338 e. The number of rotatable bonds is 2. The van der Waals surface area contributed by atoms with Gasteiger partial charge in [0.15, 0.2) is 0 Å². The van der Waals surface area contributed by atoms with Crippen LogP contribution in [-0.4, -0.2) is 21.6 Å². The third kappa shape index (κ3) is 2.52. The Hall–Kier alpha value is -1.69. The number of hydrogen-bond donors (Lipinski definition) is 2. The maximum absolute atomic E-state index is 11.1. The molecule has 0 fully saturated rings. The Balaban J connectivity index is 2.68. The van der Waals surface area contributed by atoms with E-state index in [2.05, 4.69) is 9.98 Å². The maximum atomic E-state index is 11.1. The minimum absolute atomic E-state index is 0.0559. The van der Waals surface area contributed by atoms with E-state index >= 15 is 0 Å². The second kappa shape index (κ2) is 3.96. The van der Waals surface area contributed by atoms with Gasteiger partial charge in [0, 0.05) is 0 Å². The van der Waals surface area contributed by atoms with Gasteiger partial charge in [-0.25, -0.2) is 9.98 Å². The van der Waals surface area contributed by atoms with Crippen molar-refractivity contribution in [2.45, 2.75) is 6.16 Å². The lowest BCUT2D eigenvalue weighted by Gasteiger charge is -2.05. The lowest BCUT2D eigenvalue weighted by molar-refractivity contribution is -0.135. The molecule has 0 aliphatic carbocycles. The van der Waals surface area contributed by atoms with Crippen LogP contribution in [-0.2, 0) is 20.3 Å². The van der Waals surface area contributed by atoms with Crippen molar-refractivity contribution in [3.05, 3.63) is 34.5 Å².